The molecular formula is C22H22N2O3S. The SMILES string of the molecule is COc1ccc(NC(=O)C2CC=CCC2c2nc3ccccc3s2)cc1OC. The summed E-state index contributed by atoms with van der Waals surface area (Å²) in [5.74, 6) is 1.15. The fourth-order valence-corrected chi connectivity index (χ4v) is 4.72. The van der Waals surface area contributed by atoms with Gasteiger partial charge in [-0.05, 0) is 37.1 Å². The molecule has 1 N–H and O–H groups in total. The molecule has 0 fully saturated rings. The lowest BCUT2D eigenvalue weighted by atomic mass is 9.82. The monoisotopic (exact) mass is 394 g/mol. The second kappa shape index (κ2) is 8.02. The van der Waals surface area contributed by atoms with Gasteiger partial charge < -0.3 is 14.8 Å². The van der Waals surface area contributed by atoms with Crippen LogP contribution in [0.5, 0.6) is 11.5 Å². The molecule has 0 saturated heterocycles. The summed E-state index contributed by atoms with van der Waals surface area (Å²) in [6.45, 7) is 0. The van der Waals surface area contributed by atoms with Gasteiger partial charge in [-0.1, -0.05) is 24.3 Å². The Morgan fingerprint density at radius 3 is 2.64 bits per heavy atom. The van der Waals surface area contributed by atoms with Gasteiger partial charge in [0.05, 0.1) is 35.4 Å². The third-order valence-corrected chi connectivity index (χ3v) is 6.22. The predicted molar refractivity (Wildman–Crippen MR) is 112 cm³/mol. The Balaban J connectivity index is 1.57. The average molecular weight is 394 g/mol. The molecule has 0 radical (unpaired) electrons. The summed E-state index contributed by atoms with van der Waals surface area (Å²) in [6, 6.07) is 13.5. The van der Waals surface area contributed by atoms with Crippen LogP contribution in [0.1, 0.15) is 23.8 Å². The lowest BCUT2D eigenvalue weighted by molar-refractivity contribution is -0.120. The smallest absolute Gasteiger partial charge is 0.228 e. The number of hydrogen-bond donors (Lipinski definition) is 1. The van der Waals surface area contributed by atoms with Crippen molar-refractivity contribution in [3.8, 4) is 11.5 Å². The average Bonchev–Trinajstić information content (AvgIpc) is 3.17. The van der Waals surface area contributed by atoms with Gasteiger partial charge in [-0.2, -0.15) is 0 Å². The number of nitrogens with zero attached hydrogens (tertiary/aromatic N) is 1. The maximum absolute atomic E-state index is 13.1. The van der Waals surface area contributed by atoms with E-state index in [1.54, 1.807) is 37.7 Å². The molecule has 1 heterocycles. The molecule has 4 rings (SSSR count). The highest BCUT2D eigenvalue weighted by atomic mass is 32.1. The summed E-state index contributed by atoms with van der Waals surface area (Å²) in [4.78, 5) is 17.9. The van der Waals surface area contributed by atoms with E-state index in [1.807, 2.05) is 24.3 Å². The van der Waals surface area contributed by atoms with Crippen LogP contribution in [0.2, 0.25) is 0 Å². The van der Waals surface area contributed by atoms with Crippen molar-refractivity contribution in [2.45, 2.75) is 18.8 Å². The van der Waals surface area contributed by atoms with Crippen LogP contribution in [0.25, 0.3) is 10.2 Å². The number of amides is 1. The van der Waals surface area contributed by atoms with Crippen molar-refractivity contribution < 1.29 is 14.3 Å². The number of benzene rings is 2. The Hall–Kier alpha value is -2.86. The second-order valence-corrected chi connectivity index (χ2v) is 7.80. The molecule has 144 valence electrons. The number of para-hydroxylation sites is 1. The molecule has 2 aromatic carbocycles. The van der Waals surface area contributed by atoms with Crippen molar-refractivity contribution in [3.63, 3.8) is 0 Å². The Kier molecular flexibility index (Phi) is 5.30. The summed E-state index contributed by atoms with van der Waals surface area (Å²) in [6.07, 6.45) is 5.77. The van der Waals surface area contributed by atoms with Gasteiger partial charge >= 0.3 is 0 Å². The standard InChI is InChI=1S/C22H22N2O3S/c1-26-18-12-11-14(13-19(18)27-2)23-21(25)15-7-3-4-8-16(15)22-24-17-9-5-6-10-20(17)28-22/h3-6,9-13,15-16H,7-8H2,1-2H3,(H,23,25). The van der Waals surface area contributed by atoms with Crippen LogP contribution in [-0.4, -0.2) is 25.1 Å². The van der Waals surface area contributed by atoms with Gasteiger partial charge in [-0.3, -0.25) is 4.79 Å². The summed E-state index contributed by atoms with van der Waals surface area (Å²) in [5, 5.41) is 4.07. The summed E-state index contributed by atoms with van der Waals surface area (Å²) >= 11 is 1.68. The predicted octanol–water partition coefficient (Wildman–Crippen LogP) is 5.00. The quantitative estimate of drug-likeness (QED) is 0.619. The van der Waals surface area contributed by atoms with Gasteiger partial charge in [-0.25, -0.2) is 4.98 Å². The molecular weight excluding hydrogens is 372 g/mol. The molecule has 1 amide bonds. The zero-order valence-electron chi connectivity index (χ0n) is 15.8. The number of fused-ring (bicyclic) bond motifs is 1. The molecule has 1 aliphatic rings. The van der Waals surface area contributed by atoms with Crippen molar-refractivity contribution in [2.24, 2.45) is 5.92 Å². The molecule has 1 aromatic heterocycles. The summed E-state index contributed by atoms with van der Waals surface area (Å²) in [7, 11) is 3.17. The number of hydrogen-bond acceptors (Lipinski definition) is 5. The van der Waals surface area contributed by atoms with E-state index in [2.05, 4.69) is 23.5 Å². The van der Waals surface area contributed by atoms with Crippen molar-refractivity contribution in [3.05, 3.63) is 59.6 Å². The minimum Gasteiger partial charge on any atom is -0.493 e. The van der Waals surface area contributed by atoms with E-state index in [1.165, 1.54) is 0 Å². The van der Waals surface area contributed by atoms with Gasteiger partial charge in [-0.15, -0.1) is 11.3 Å². The van der Waals surface area contributed by atoms with Gasteiger partial charge in [0.25, 0.3) is 0 Å². The number of ether oxygens (including phenoxy) is 2. The maximum Gasteiger partial charge on any atom is 0.228 e. The Bertz CT molecular complexity index is 995. The number of allylic oxidation sites excluding steroid dienone is 2. The first kappa shape index (κ1) is 18.5. The van der Waals surface area contributed by atoms with E-state index in [0.717, 1.165) is 21.6 Å². The first-order valence-corrected chi connectivity index (χ1v) is 10.0. The van der Waals surface area contributed by atoms with Crippen molar-refractivity contribution in [1.29, 1.82) is 0 Å². The first-order chi connectivity index (χ1) is 13.7. The Morgan fingerprint density at radius 1 is 1.07 bits per heavy atom. The van der Waals surface area contributed by atoms with Crippen molar-refractivity contribution >= 4 is 33.1 Å². The van der Waals surface area contributed by atoms with Gasteiger partial charge in [0, 0.05) is 17.7 Å². The van der Waals surface area contributed by atoms with Crippen LogP contribution >= 0.6 is 11.3 Å². The fourth-order valence-electron chi connectivity index (χ4n) is 3.57. The lowest BCUT2D eigenvalue weighted by Gasteiger charge is -2.26. The van der Waals surface area contributed by atoms with E-state index in [-0.39, 0.29) is 17.7 Å². The van der Waals surface area contributed by atoms with Crippen LogP contribution < -0.4 is 14.8 Å². The number of rotatable bonds is 5. The zero-order valence-corrected chi connectivity index (χ0v) is 16.7. The van der Waals surface area contributed by atoms with Crippen LogP contribution in [-0.2, 0) is 4.79 Å². The van der Waals surface area contributed by atoms with E-state index in [4.69, 9.17) is 14.5 Å². The molecule has 28 heavy (non-hydrogen) atoms. The molecule has 0 aliphatic heterocycles. The molecule has 0 spiro atoms. The molecule has 3 aromatic rings. The Morgan fingerprint density at radius 2 is 1.86 bits per heavy atom. The van der Waals surface area contributed by atoms with E-state index in [0.29, 0.717) is 23.6 Å². The van der Waals surface area contributed by atoms with E-state index >= 15 is 0 Å². The number of carbonyl (C=O) groups excluding carboxylic acids is 1. The first-order valence-electron chi connectivity index (χ1n) is 9.23. The summed E-state index contributed by atoms with van der Waals surface area (Å²) < 4.78 is 11.8. The van der Waals surface area contributed by atoms with Gasteiger partial charge in [0.1, 0.15) is 0 Å². The molecule has 0 saturated carbocycles. The molecule has 2 unspecified atom stereocenters. The van der Waals surface area contributed by atoms with E-state index < -0.39 is 0 Å². The van der Waals surface area contributed by atoms with Gasteiger partial charge in [0.15, 0.2) is 11.5 Å². The highest BCUT2D eigenvalue weighted by Gasteiger charge is 2.32. The van der Waals surface area contributed by atoms with Crippen LogP contribution in [0.4, 0.5) is 5.69 Å². The van der Waals surface area contributed by atoms with E-state index in [9.17, 15) is 4.79 Å². The van der Waals surface area contributed by atoms with Crippen LogP contribution in [0.15, 0.2) is 54.6 Å². The lowest BCUT2D eigenvalue weighted by Crippen LogP contribution is -2.29. The van der Waals surface area contributed by atoms with Crippen molar-refractivity contribution in [1.82, 2.24) is 4.98 Å². The van der Waals surface area contributed by atoms with Crippen LogP contribution in [0, 0.1) is 5.92 Å². The minimum absolute atomic E-state index is 0.000765. The Labute approximate surface area is 168 Å². The largest absolute Gasteiger partial charge is 0.493 e. The number of carbonyl (C=O) groups is 1. The van der Waals surface area contributed by atoms with Gasteiger partial charge in [0.2, 0.25) is 5.91 Å². The third-order valence-electron chi connectivity index (χ3n) is 5.05. The zero-order chi connectivity index (χ0) is 19.5. The third kappa shape index (κ3) is 3.60. The highest BCUT2D eigenvalue weighted by Crippen LogP contribution is 2.39. The number of methoxy groups -OCH3 is 2. The maximum atomic E-state index is 13.1. The topological polar surface area (TPSA) is 60.5 Å². The molecule has 0 bridgehead atoms. The molecule has 6 heteroatoms. The molecule has 2 atom stereocenters. The minimum atomic E-state index is -0.154. The normalized spacial score (nSPS) is 18.8. The van der Waals surface area contributed by atoms with Crippen molar-refractivity contribution in [2.75, 3.05) is 19.5 Å². The second-order valence-electron chi connectivity index (χ2n) is 6.73. The summed E-state index contributed by atoms with van der Waals surface area (Å²) in [5.41, 5.74) is 1.69. The number of thiazole rings is 1. The van der Waals surface area contributed by atoms with Crippen LogP contribution in [0.3, 0.4) is 0 Å². The molecule has 5 nitrogen and oxygen atoms in total. The number of anilines is 1. The highest BCUT2D eigenvalue weighted by molar-refractivity contribution is 7.18. The number of nitrogens with one attached hydrogen (secondary N) is 1. The molecule has 1 aliphatic carbocycles. The number of aromatic nitrogens is 1. The fraction of sp³-hybridized carbons (Fsp3) is 0.273.